The van der Waals surface area contributed by atoms with Crippen molar-refractivity contribution in [1.82, 2.24) is 24.8 Å². The third-order valence-electron chi connectivity index (χ3n) is 6.74. The topological polar surface area (TPSA) is 67.1 Å². The molecule has 170 valence electrons. The summed E-state index contributed by atoms with van der Waals surface area (Å²) in [6.45, 7) is 12.0. The normalized spacial score (nSPS) is 23.4. The first-order valence-electron chi connectivity index (χ1n) is 11.3. The molecule has 0 aliphatic carbocycles. The van der Waals surface area contributed by atoms with Gasteiger partial charge in [-0.25, -0.2) is 0 Å². The molecule has 0 saturated carbocycles. The summed E-state index contributed by atoms with van der Waals surface area (Å²) >= 11 is 0. The Kier molecular flexibility index (Phi) is 7.09. The summed E-state index contributed by atoms with van der Waals surface area (Å²) < 4.78 is 16.2. The van der Waals surface area contributed by atoms with E-state index < -0.39 is 0 Å². The van der Waals surface area contributed by atoms with Crippen molar-refractivity contribution in [2.75, 3.05) is 53.5 Å². The van der Waals surface area contributed by atoms with E-state index in [1.807, 2.05) is 18.2 Å². The highest BCUT2D eigenvalue weighted by Gasteiger charge is 2.28. The largest absolute Gasteiger partial charge is 0.493 e. The van der Waals surface area contributed by atoms with Crippen LogP contribution in [-0.2, 0) is 6.54 Å². The molecule has 2 unspecified atom stereocenters. The Morgan fingerprint density at radius 1 is 0.935 bits per heavy atom. The molecule has 0 bridgehead atoms. The standard InChI is InChI=1S/C23H35N5O3/c1-17-5-6-18(2)28(17)14-13-26-9-11-27(12-10-26)16-22-24-23(25-31-22)19-7-8-20(29-3)21(15-19)30-4/h7-8,15,17-18H,5-6,9-14,16H2,1-4H3. The fourth-order valence-electron chi connectivity index (χ4n) is 4.72. The molecule has 3 heterocycles. The van der Waals surface area contributed by atoms with Crippen molar-refractivity contribution in [3.8, 4) is 22.9 Å². The summed E-state index contributed by atoms with van der Waals surface area (Å²) in [4.78, 5) is 12.2. The Labute approximate surface area is 185 Å². The molecule has 0 amide bonds. The van der Waals surface area contributed by atoms with E-state index >= 15 is 0 Å². The third kappa shape index (κ3) is 5.19. The molecule has 0 N–H and O–H groups in total. The Balaban J connectivity index is 1.26. The first kappa shape index (κ1) is 22.0. The molecule has 0 radical (unpaired) electrons. The second-order valence-corrected chi connectivity index (χ2v) is 8.71. The van der Waals surface area contributed by atoms with E-state index in [1.54, 1.807) is 14.2 Å². The molecule has 0 spiro atoms. The number of piperazine rings is 1. The van der Waals surface area contributed by atoms with Crippen molar-refractivity contribution in [2.24, 2.45) is 0 Å². The number of nitrogens with zero attached hydrogens (tertiary/aromatic N) is 5. The molecule has 2 saturated heterocycles. The van der Waals surface area contributed by atoms with Crippen molar-refractivity contribution in [1.29, 1.82) is 0 Å². The summed E-state index contributed by atoms with van der Waals surface area (Å²) in [6, 6.07) is 7.10. The molecule has 2 aliphatic rings. The number of rotatable bonds is 8. The Bertz CT molecular complexity index is 839. The van der Waals surface area contributed by atoms with Crippen molar-refractivity contribution in [3.05, 3.63) is 24.1 Å². The van der Waals surface area contributed by atoms with Crippen molar-refractivity contribution >= 4 is 0 Å². The molecule has 8 nitrogen and oxygen atoms in total. The van der Waals surface area contributed by atoms with E-state index in [0.717, 1.165) is 50.4 Å². The lowest BCUT2D eigenvalue weighted by atomic mass is 10.2. The molecule has 2 atom stereocenters. The predicted octanol–water partition coefficient (Wildman–Crippen LogP) is 2.74. The van der Waals surface area contributed by atoms with Crippen LogP contribution in [0, 0.1) is 0 Å². The molecule has 1 aromatic heterocycles. The number of benzene rings is 1. The van der Waals surface area contributed by atoms with Crippen LogP contribution in [0.5, 0.6) is 11.5 Å². The zero-order valence-electron chi connectivity index (χ0n) is 19.2. The molecule has 8 heteroatoms. The van der Waals surface area contributed by atoms with Gasteiger partial charge in [-0.1, -0.05) is 5.16 Å². The fourth-order valence-corrected chi connectivity index (χ4v) is 4.72. The van der Waals surface area contributed by atoms with E-state index in [1.165, 1.54) is 19.4 Å². The van der Waals surface area contributed by atoms with Gasteiger partial charge in [-0.05, 0) is 44.9 Å². The number of aromatic nitrogens is 2. The highest BCUT2D eigenvalue weighted by Crippen LogP contribution is 2.31. The Morgan fingerprint density at radius 2 is 1.61 bits per heavy atom. The lowest BCUT2D eigenvalue weighted by Crippen LogP contribution is -2.48. The van der Waals surface area contributed by atoms with Gasteiger partial charge in [-0.3, -0.25) is 14.7 Å². The van der Waals surface area contributed by atoms with Gasteiger partial charge >= 0.3 is 0 Å². The summed E-state index contributed by atoms with van der Waals surface area (Å²) in [7, 11) is 3.24. The highest BCUT2D eigenvalue weighted by molar-refractivity contribution is 5.60. The lowest BCUT2D eigenvalue weighted by Gasteiger charge is -2.36. The fraction of sp³-hybridized carbons (Fsp3) is 0.652. The zero-order valence-corrected chi connectivity index (χ0v) is 19.2. The zero-order chi connectivity index (χ0) is 21.8. The third-order valence-corrected chi connectivity index (χ3v) is 6.74. The minimum atomic E-state index is 0.573. The van der Waals surface area contributed by atoms with Gasteiger partial charge in [0.05, 0.1) is 20.8 Å². The minimum Gasteiger partial charge on any atom is -0.493 e. The summed E-state index contributed by atoms with van der Waals surface area (Å²) in [5.41, 5.74) is 0.850. The van der Waals surface area contributed by atoms with Crippen molar-refractivity contribution in [3.63, 3.8) is 0 Å². The molecular weight excluding hydrogens is 394 g/mol. The maximum absolute atomic E-state index is 5.52. The van der Waals surface area contributed by atoms with Gasteiger partial charge in [0.25, 0.3) is 0 Å². The minimum absolute atomic E-state index is 0.573. The van der Waals surface area contributed by atoms with E-state index in [2.05, 4.69) is 38.7 Å². The van der Waals surface area contributed by atoms with Crippen molar-refractivity contribution in [2.45, 2.75) is 45.3 Å². The van der Waals surface area contributed by atoms with Gasteiger partial charge in [-0.15, -0.1) is 0 Å². The average Bonchev–Trinajstić information content (AvgIpc) is 3.39. The molecule has 31 heavy (non-hydrogen) atoms. The first-order valence-corrected chi connectivity index (χ1v) is 11.3. The van der Waals surface area contributed by atoms with Crippen LogP contribution in [0.2, 0.25) is 0 Å². The number of ether oxygens (including phenoxy) is 2. The van der Waals surface area contributed by atoms with Crippen molar-refractivity contribution < 1.29 is 14.0 Å². The average molecular weight is 430 g/mol. The number of likely N-dealkylation sites (tertiary alicyclic amines) is 1. The second-order valence-electron chi connectivity index (χ2n) is 8.71. The summed E-state index contributed by atoms with van der Waals surface area (Å²) in [5, 5.41) is 4.16. The quantitative estimate of drug-likeness (QED) is 0.635. The smallest absolute Gasteiger partial charge is 0.241 e. The molecule has 1 aromatic carbocycles. The first-order chi connectivity index (χ1) is 15.1. The van der Waals surface area contributed by atoms with Gasteiger partial charge in [0, 0.05) is 56.9 Å². The molecule has 2 aromatic rings. The Hall–Kier alpha value is -2.16. The second kappa shape index (κ2) is 9.97. The van der Waals surface area contributed by atoms with E-state index in [9.17, 15) is 0 Å². The van der Waals surface area contributed by atoms with E-state index in [-0.39, 0.29) is 0 Å². The molecule has 2 fully saturated rings. The van der Waals surface area contributed by atoms with Crippen LogP contribution in [0.1, 0.15) is 32.6 Å². The summed E-state index contributed by atoms with van der Waals surface area (Å²) in [6.07, 6.45) is 2.68. The molecule has 2 aliphatic heterocycles. The summed E-state index contributed by atoms with van der Waals surface area (Å²) in [5.74, 6) is 2.56. The monoisotopic (exact) mass is 429 g/mol. The van der Waals surface area contributed by atoms with E-state index in [0.29, 0.717) is 29.8 Å². The van der Waals surface area contributed by atoms with Crippen LogP contribution in [0.4, 0.5) is 0 Å². The van der Waals surface area contributed by atoms with Crippen LogP contribution in [0.25, 0.3) is 11.4 Å². The van der Waals surface area contributed by atoms with Gasteiger partial charge < -0.3 is 14.0 Å². The Morgan fingerprint density at radius 3 is 2.29 bits per heavy atom. The van der Waals surface area contributed by atoms with Gasteiger partial charge in [0.15, 0.2) is 11.5 Å². The van der Waals surface area contributed by atoms with Gasteiger partial charge in [0.1, 0.15) is 0 Å². The lowest BCUT2D eigenvalue weighted by molar-refractivity contribution is 0.0989. The van der Waals surface area contributed by atoms with Crippen LogP contribution in [0.3, 0.4) is 0 Å². The van der Waals surface area contributed by atoms with Crippen LogP contribution < -0.4 is 9.47 Å². The van der Waals surface area contributed by atoms with E-state index in [4.69, 9.17) is 14.0 Å². The maximum atomic E-state index is 5.52. The highest BCUT2D eigenvalue weighted by atomic mass is 16.5. The number of hydrogen-bond acceptors (Lipinski definition) is 8. The van der Waals surface area contributed by atoms with Gasteiger partial charge in [0.2, 0.25) is 11.7 Å². The molecule has 4 rings (SSSR count). The number of methoxy groups -OCH3 is 2. The van der Waals surface area contributed by atoms with Crippen LogP contribution >= 0.6 is 0 Å². The van der Waals surface area contributed by atoms with Crippen LogP contribution in [0.15, 0.2) is 22.7 Å². The molecular formula is C23H35N5O3. The number of hydrogen-bond donors (Lipinski definition) is 0. The SMILES string of the molecule is COc1ccc(-c2noc(CN3CCN(CCN4C(C)CCC4C)CC3)n2)cc1OC. The van der Waals surface area contributed by atoms with Crippen LogP contribution in [-0.4, -0.2) is 90.4 Å². The van der Waals surface area contributed by atoms with Gasteiger partial charge in [-0.2, -0.15) is 4.98 Å². The predicted molar refractivity (Wildman–Crippen MR) is 119 cm³/mol. The maximum Gasteiger partial charge on any atom is 0.241 e.